The smallest absolute Gasteiger partial charge is 0.242 e. The zero-order valence-corrected chi connectivity index (χ0v) is 11.8. The minimum absolute atomic E-state index is 0.167. The van der Waals surface area contributed by atoms with Crippen LogP contribution in [0.1, 0.15) is 19.0 Å². The van der Waals surface area contributed by atoms with Gasteiger partial charge in [-0.05, 0) is 25.3 Å². The Morgan fingerprint density at radius 2 is 2.37 bits per heavy atom. The molecule has 1 aliphatic rings. The Morgan fingerprint density at radius 3 is 2.89 bits per heavy atom. The van der Waals surface area contributed by atoms with Crippen molar-refractivity contribution in [2.24, 2.45) is 5.92 Å². The standard InChI is InChI=1S/C12H20N2O4S/c1-2-14-7-12(5-11(14)8-15)19(16,17)13-6-10-3-4-18-9-10/h5,7,10,13,15H,2-4,6,8-9H2,1H3. The molecule has 1 fully saturated rings. The number of hydrogen-bond acceptors (Lipinski definition) is 4. The number of hydrogen-bond donors (Lipinski definition) is 2. The van der Waals surface area contributed by atoms with E-state index < -0.39 is 10.0 Å². The van der Waals surface area contributed by atoms with Gasteiger partial charge in [-0.3, -0.25) is 0 Å². The van der Waals surface area contributed by atoms with Gasteiger partial charge in [-0.1, -0.05) is 0 Å². The van der Waals surface area contributed by atoms with Gasteiger partial charge in [0.2, 0.25) is 10.0 Å². The van der Waals surface area contributed by atoms with Crippen molar-refractivity contribution in [1.29, 1.82) is 0 Å². The van der Waals surface area contributed by atoms with Gasteiger partial charge < -0.3 is 14.4 Å². The van der Waals surface area contributed by atoms with Crippen LogP contribution in [0.3, 0.4) is 0 Å². The van der Waals surface area contributed by atoms with Gasteiger partial charge in [-0.15, -0.1) is 0 Å². The van der Waals surface area contributed by atoms with E-state index in [1.54, 1.807) is 10.8 Å². The Hall–Kier alpha value is -0.890. The SMILES string of the molecule is CCn1cc(S(=O)(=O)NCC2CCOC2)cc1CO. The predicted molar refractivity (Wildman–Crippen MR) is 70.1 cm³/mol. The zero-order chi connectivity index (χ0) is 13.9. The molecule has 2 N–H and O–H groups in total. The normalized spacial score (nSPS) is 20.0. The molecule has 0 saturated carbocycles. The summed E-state index contributed by atoms with van der Waals surface area (Å²) in [6.07, 6.45) is 2.44. The van der Waals surface area contributed by atoms with Gasteiger partial charge in [-0.25, -0.2) is 13.1 Å². The molecule has 1 aromatic rings. The number of ether oxygens (including phenoxy) is 1. The maximum atomic E-state index is 12.1. The summed E-state index contributed by atoms with van der Waals surface area (Å²) in [4.78, 5) is 0.206. The Balaban J connectivity index is 2.07. The third-order valence-electron chi connectivity index (χ3n) is 3.36. The Labute approximate surface area is 113 Å². The molecule has 0 radical (unpaired) electrons. The molecule has 1 saturated heterocycles. The molecule has 108 valence electrons. The second-order valence-electron chi connectivity index (χ2n) is 4.69. The molecule has 19 heavy (non-hydrogen) atoms. The summed E-state index contributed by atoms with van der Waals surface area (Å²) in [7, 11) is -3.51. The highest BCUT2D eigenvalue weighted by Gasteiger charge is 2.21. The molecular formula is C12H20N2O4S. The van der Waals surface area contributed by atoms with E-state index in [2.05, 4.69) is 4.72 Å². The number of rotatable bonds is 6. The van der Waals surface area contributed by atoms with Gasteiger partial charge >= 0.3 is 0 Å². The summed E-state index contributed by atoms with van der Waals surface area (Å²) >= 11 is 0. The molecule has 0 aromatic carbocycles. The molecule has 0 bridgehead atoms. The van der Waals surface area contributed by atoms with Crippen molar-refractivity contribution in [3.63, 3.8) is 0 Å². The van der Waals surface area contributed by atoms with Crippen LogP contribution in [0.2, 0.25) is 0 Å². The third-order valence-corrected chi connectivity index (χ3v) is 4.75. The van der Waals surface area contributed by atoms with Crippen LogP contribution in [0, 0.1) is 5.92 Å². The zero-order valence-electron chi connectivity index (χ0n) is 11.0. The first-order chi connectivity index (χ1) is 9.06. The van der Waals surface area contributed by atoms with E-state index in [0.29, 0.717) is 32.0 Å². The topological polar surface area (TPSA) is 80.6 Å². The summed E-state index contributed by atoms with van der Waals surface area (Å²) < 4.78 is 33.8. The van der Waals surface area contributed by atoms with Crippen molar-refractivity contribution in [3.05, 3.63) is 18.0 Å². The molecule has 0 spiro atoms. The molecule has 2 rings (SSSR count). The number of aliphatic hydroxyl groups excluding tert-OH is 1. The highest BCUT2D eigenvalue weighted by Crippen LogP contribution is 2.16. The fraction of sp³-hybridized carbons (Fsp3) is 0.667. The molecule has 2 heterocycles. The van der Waals surface area contributed by atoms with Crippen LogP contribution in [0.25, 0.3) is 0 Å². The molecule has 1 atom stereocenters. The summed E-state index contributed by atoms with van der Waals surface area (Å²) in [5.74, 6) is 0.250. The molecule has 0 aliphatic carbocycles. The van der Waals surface area contributed by atoms with Gasteiger partial charge in [0.1, 0.15) is 0 Å². The molecular weight excluding hydrogens is 268 g/mol. The minimum atomic E-state index is -3.51. The lowest BCUT2D eigenvalue weighted by molar-refractivity contribution is 0.186. The molecule has 0 amide bonds. The van der Waals surface area contributed by atoms with Crippen molar-refractivity contribution in [2.75, 3.05) is 19.8 Å². The van der Waals surface area contributed by atoms with Crippen molar-refractivity contribution < 1.29 is 18.3 Å². The average molecular weight is 288 g/mol. The van der Waals surface area contributed by atoms with Gasteiger partial charge in [0.15, 0.2) is 0 Å². The van der Waals surface area contributed by atoms with E-state index in [9.17, 15) is 13.5 Å². The van der Waals surface area contributed by atoms with E-state index in [1.165, 1.54) is 6.07 Å². The van der Waals surface area contributed by atoms with Gasteiger partial charge in [0, 0.05) is 31.6 Å². The number of nitrogens with one attached hydrogen (secondary N) is 1. The van der Waals surface area contributed by atoms with Crippen LogP contribution in [-0.4, -0.2) is 37.8 Å². The maximum Gasteiger partial charge on any atom is 0.242 e. The quantitative estimate of drug-likeness (QED) is 0.790. The fourth-order valence-electron chi connectivity index (χ4n) is 2.15. The first kappa shape index (κ1) is 14.5. The molecule has 1 aliphatic heterocycles. The lowest BCUT2D eigenvalue weighted by Gasteiger charge is -2.09. The monoisotopic (exact) mass is 288 g/mol. The summed E-state index contributed by atoms with van der Waals surface area (Å²) in [6.45, 7) is 4.07. The summed E-state index contributed by atoms with van der Waals surface area (Å²) in [5.41, 5.74) is 0.604. The lowest BCUT2D eigenvalue weighted by atomic mass is 10.1. The second kappa shape index (κ2) is 6.04. The predicted octanol–water partition coefficient (Wildman–Crippen LogP) is 0.315. The second-order valence-corrected chi connectivity index (χ2v) is 6.46. The third kappa shape index (κ3) is 3.36. The largest absolute Gasteiger partial charge is 0.390 e. The number of sulfonamides is 1. The first-order valence-corrected chi connectivity index (χ1v) is 7.92. The van der Waals surface area contributed by atoms with Crippen molar-refractivity contribution in [2.45, 2.75) is 31.4 Å². The lowest BCUT2D eigenvalue weighted by Crippen LogP contribution is -2.29. The van der Waals surface area contributed by atoms with E-state index in [0.717, 1.165) is 6.42 Å². The van der Waals surface area contributed by atoms with Crippen LogP contribution in [0.4, 0.5) is 0 Å². The first-order valence-electron chi connectivity index (χ1n) is 6.44. The Kier molecular flexibility index (Phi) is 4.62. The summed E-state index contributed by atoms with van der Waals surface area (Å²) in [6, 6.07) is 1.51. The van der Waals surface area contributed by atoms with Crippen molar-refractivity contribution in [3.8, 4) is 0 Å². The van der Waals surface area contributed by atoms with Gasteiger partial charge in [0.05, 0.1) is 18.1 Å². The van der Waals surface area contributed by atoms with Gasteiger partial charge in [0.25, 0.3) is 0 Å². The maximum absolute atomic E-state index is 12.1. The number of aromatic nitrogens is 1. The Morgan fingerprint density at radius 1 is 1.58 bits per heavy atom. The van der Waals surface area contributed by atoms with Crippen molar-refractivity contribution >= 4 is 10.0 Å². The van der Waals surface area contributed by atoms with Crippen LogP contribution in [0.5, 0.6) is 0 Å². The number of aryl methyl sites for hydroxylation is 1. The van der Waals surface area contributed by atoms with Crippen LogP contribution < -0.4 is 4.72 Å². The molecule has 7 heteroatoms. The highest BCUT2D eigenvalue weighted by molar-refractivity contribution is 7.89. The van der Waals surface area contributed by atoms with E-state index in [4.69, 9.17) is 4.74 Å². The highest BCUT2D eigenvalue weighted by atomic mass is 32.2. The number of nitrogens with zero attached hydrogens (tertiary/aromatic N) is 1. The van der Waals surface area contributed by atoms with Crippen LogP contribution in [0.15, 0.2) is 17.2 Å². The Bertz CT molecular complexity index is 496. The number of aliphatic hydroxyl groups is 1. The average Bonchev–Trinajstić information content (AvgIpc) is 3.05. The van der Waals surface area contributed by atoms with Crippen molar-refractivity contribution in [1.82, 2.24) is 9.29 Å². The van der Waals surface area contributed by atoms with Crippen LogP contribution in [-0.2, 0) is 27.9 Å². The summed E-state index contributed by atoms with van der Waals surface area (Å²) in [5, 5.41) is 9.18. The van der Waals surface area contributed by atoms with Gasteiger partial charge in [-0.2, -0.15) is 0 Å². The van der Waals surface area contributed by atoms with E-state index in [1.807, 2.05) is 6.92 Å². The fourth-order valence-corrected chi connectivity index (χ4v) is 3.33. The molecule has 6 nitrogen and oxygen atoms in total. The molecule has 1 aromatic heterocycles. The minimum Gasteiger partial charge on any atom is -0.390 e. The van der Waals surface area contributed by atoms with E-state index >= 15 is 0 Å². The van der Waals surface area contributed by atoms with Crippen LogP contribution >= 0.6 is 0 Å². The molecule has 1 unspecified atom stereocenters. The van der Waals surface area contributed by atoms with E-state index in [-0.39, 0.29) is 17.4 Å².